The van der Waals surface area contributed by atoms with Crippen LogP contribution in [0.1, 0.15) is 36.0 Å². The van der Waals surface area contributed by atoms with Crippen LogP contribution in [0.25, 0.3) is 10.8 Å². The quantitative estimate of drug-likeness (QED) is 0.759. The number of benzene rings is 2. The summed E-state index contributed by atoms with van der Waals surface area (Å²) in [6.07, 6.45) is 3.08. The number of carbonyl (C=O) groups is 2. The Bertz CT molecular complexity index is 1030. The summed E-state index contributed by atoms with van der Waals surface area (Å²) in [6.45, 7) is 0.967. The molecule has 2 fully saturated rings. The first-order chi connectivity index (χ1) is 14.5. The minimum atomic E-state index is -1.08. The third-order valence-electron chi connectivity index (χ3n) is 5.84. The first kappa shape index (κ1) is 20.5. The first-order valence-electron chi connectivity index (χ1n) is 10.0. The highest BCUT2D eigenvalue weighted by atomic mass is 35.5. The van der Waals surface area contributed by atoms with E-state index >= 15 is 0 Å². The van der Waals surface area contributed by atoms with E-state index in [2.05, 4.69) is 11.4 Å². The van der Waals surface area contributed by atoms with Gasteiger partial charge in [0.2, 0.25) is 5.91 Å². The van der Waals surface area contributed by atoms with E-state index in [9.17, 15) is 20.0 Å². The van der Waals surface area contributed by atoms with Crippen molar-refractivity contribution in [3.05, 3.63) is 40.9 Å². The van der Waals surface area contributed by atoms with Crippen molar-refractivity contribution in [1.29, 1.82) is 5.26 Å². The van der Waals surface area contributed by atoms with Gasteiger partial charge in [0.15, 0.2) is 0 Å². The third-order valence-corrected chi connectivity index (χ3v) is 6.13. The number of nitrogens with zero attached hydrogens (tertiary/aromatic N) is 2. The van der Waals surface area contributed by atoms with Gasteiger partial charge in [-0.3, -0.25) is 10.1 Å². The molecule has 0 radical (unpaired) electrons. The van der Waals surface area contributed by atoms with Crippen molar-refractivity contribution in [2.75, 3.05) is 13.2 Å². The number of carbonyl (C=O) groups excluding carboxylic acids is 1. The summed E-state index contributed by atoms with van der Waals surface area (Å²) in [4.78, 5) is 26.0. The number of amides is 1. The highest BCUT2D eigenvalue weighted by Gasteiger charge is 2.37. The number of carboxylic acids is 1. The second-order valence-corrected chi connectivity index (χ2v) is 8.11. The van der Waals surface area contributed by atoms with Crippen LogP contribution in [0.3, 0.4) is 0 Å². The van der Waals surface area contributed by atoms with Gasteiger partial charge in [-0.15, -0.1) is 0 Å². The van der Waals surface area contributed by atoms with Gasteiger partial charge in [-0.1, -0.05) is 35.9 Å². The molecule has 1 amide bonds. The van der Waals surface area contributed by atoms with E-state index in [4.69, 9.17) is 16.3 Å². The molecule has 2 saturated heterocycles. The smallest absolute Gasteiger partial charge is 0.337 e. The summed E-state index contributed by atoms with van der Waals surface area (Å²) in [5.41, 5.74) is 0.0573. The van der Waals surface area contributed by atoms with Gasteiger partial charge in [0.05, 0.1) is 22.7 Å². The molecule has 8 heteroatoms. The van der Waals surface area contributed by atoms with Gasteiger partial charge >= 0.3 is 5.97 Å². The normalized spacial score (nSPS) is 23.5. The van der Waals surface area contributed by atoms with E-state index in [1.165, 1.54) is 6.07 Å². The average Bonchev–Trinajstić information content (AvgIpc) is 3.40. The zero-order chi connectivity index (χ0) is 21.3. The number of likely N-dealkylation sites (tertiary alicyclic amines) is 1. The second-order valence-electron chi connectivity index (χ2n) is 7.71. The number of carboxylic acid groups (broad SMARTS) is 1. The van der Waals surface area contributed by atoms with Gasteiger partial charge in [-0.2, -0.15) is 5.26 Å². The minimum Gasteiger partial charge on any atom is -0.491 e. The van der Waals surface area contributed by atoms with Gasteiger partial charge in [-0.05, 0) is 25.7 Å². The Morgan fingerprint density at radius 3 is 2.77 bits per heavy atom. The molecular formula is C22H22ClN3O4. The lowest BCUT2D eigenvalue weighted by Crippen LogP contribution is -2.47. The Labute approximate surface area is 179 Å². The zero-order valence-electron chi connectivity index (χ0n) is 16.3. The maximum Gasteiger partial charge on any atom is 0.337 e. The Kier molecular flexibility index (Phi) is 5.80. The number of rotatable bonds is 5. The van der Waals surface area contributed by atoms with Crippen LogP contribution in [0.15, 0.2) is 30.3 Å². The van der Waals surface area contributed by atoms with Crippen LogP contribution in [0.5, 0.6) is 5.75 Å². The van der Waals surface area contributed by atoms with Crippen LogP contribution in [-0.2, 0) is 4.79 Å². The number of aromatic carboxylic acids is 1. The molecule has 0 saturated carbocycles. The second kappa shape index (κ2) is 8.50. The van der Waals surface area contributed by atoms with Crippen molar-refractivity contribution < 1.29 is 19.4 Å². The van der Waals surface area contributed by atoms with Crippen molar-refractivity contribution in [3.63, 3.8) is 0 Å². The van der Waals surface area contributed by atoms with Crippen molar-refractivity contribution in [2.45, 2.75) is 43.8 Å². The van der Waals surface area contributed by atoms with Crippen molar-refractivity contribution in [2.24, 2.45) is 0 Å². The largest absolute Gasteiger partial charge is 0.491 e. The molecule has 2 aliphatic heterocycles. The minimum absolute atomic E-state index is 0.0131. The summed E-state index contributed by atoms with van der Waals surface area (Å²) >= 11 is 6.21. The fourth-order valence-electron chi connectivity index (χ4n) is 4.35. The number of nitrogens with one attached hydrogen (secondary N) is 1. The van der Waals surface area contributed by atoms with Gasteiger partial charge in [0, 0.05) is 29.4 Å². The lowest BCUT2D eigenvalue weighted by atomic mass is 10.0. The third kappa shape index (κ3) is 3.81. The molecule has 2 aromatic rings. The summed E-state index contributed by atoms with van der Waals surface area (Å²) in [5, 5.41) is 23.3. The van der Waals surface area contributed by atoms with Crippen LogP contribution in [-0.4, -0.2) is 53.2 Å². The van der Waals surface area contributed by atoms with E-state index in [1.807, 2.05) is 6.07 Å². The molecule has 2 aromatic carbocycles. The number of halogens is 1. The Morgan fingerprint density at radius 2 is 2.03 bits per heavy atom. The Morgan fingerprint density at radius 1 is 1.27 bits per heavy atom. The summed E-state index contributed by atoms with van der Waals surface area (Å²) in [7, 11) is 0. The molecule has 0 spiro atoms. The lowest BCUT2D eigenvalue weighted by molar-refractivity contribution is -0.133. The molecule has 2 heterocycles. The van der Waals surface area contributed by atoms with Crippen LogP contribution >= 0.6 is 11.6 Å². The standard InChI is InChI=1S/C22H22ClN3O4/c23-17-10-19(15-5-1-2-6-16(15)20(17)22(28)29)30-12-13-7-8-18(25-13)21(27)26-9-3-4-14(26)11-24/h1-2,5-6,10,13-14,18,25H,3-4,7-9,12H2,(H,28,29)/t13-,14+,18+/m1/s1. The predicted molar refractivity (Wildman–Crippen MR) is 112 cm³/mol. The molecule has 7 nitrogen and oxygen atoms in total. The Hall–Kier alpha value is -2.82. The monoisotopic (exact) mass is 427 g/mol. The average molecular weight is 428 g/mol. The SMILES string of the molecule is N#C[C@@H]1CCCN1C(=O)[C@@H]1CC[C@H](COc2cc(Cl)c(C(=O)O)c3ccccc23)N1. The molecule has 2 N–H and O–H groups in total. The molecule has 2 aliphatic rings. The van der Waals surface area contributed by atoms with Gasteiger partial charge in [0.25, 0.3) is 0 Å². The van der Waals surface area contributed by atoms with E-state index in [1.54, 1.807) is 23.1 Å². The van der Waals surface area contributed by atoms with Gasteiger partial charge in [0.1, 0.15) is 18.4 Å². The number of nitriles is 1. The molecule has 156 valence electrons. The highest BCUT2D eigenvalue weighted by Crippen LogP contribution is 2.34. The topological polar surface area (TPSA) is 103 Å². The number of hydrogen-bond donors (Lipinski definition) is 2. The van der Waals surface area contributed by atoms with E-state index in [-0.39, 0.29) is 34.6 Å². The van der Waals surface area contributed by atoms with Crippen LogP contribution in [0.4, 0.5) is 0 Å². The molecule has 0 aromatic heterocycles. The molecule has 4 rings (SSSR count). The predicted octanol–water partition coefficient (Wildman–Crippen LogP) is 3.21. The molecule has 0 aliphatic carbocycles. The summed E-state index contributed by atoms with van der Waals surface area (Å²) in [5.74, 6) is -0.582. The zero-order valence-corrected chi connectivity index (χ0v) is 17.1. The first-order valence-corrected chi connectivity index (χ1v) is 10.4. The van der Waals surface area contributed by atoms with E-state index < -0.39 is 5.97 Å². The van der Waals surface area contributed by atoms with Gasteiger partial charge < -0.3 is 14.7 Å². The molecule has 0 unspecified atom stereocenters. The van der Waals surface area contributed by atoms with E-state index in [0.717, 1.165) is 19.3 Å². The maximum absolute atomic E-state index is 12.8. The van der Waals surface area contributed by atoms with E-state index in [0.29, 0.717) is 36.1 Å². The molecule has 30 heavy (non-hydrogen) atoms. The van der Waals surface area contributed by atoms with Crippen molar-refractivity contribution in [1.82, 2.24) is 10.2 Å². The Balaban J connectivity index is 1.44. The van der Waals surface area contributed by atoms with Crippen LogP contribution < -0.4 is 10.1 Å². The lowest BCUT2D eigenvalue weighted by Gasteiger charge is -2.24. The number of fused-ring (bicyclic) bond motifs is 1. The molecular weight excluding hydrogens is 406 g/mol. The van der Waals surface area contributed by atoms with Crippen molar-refractivity contribution >= 4 is 34.2 Å². The van der Waals surface area contributed by atoms with Crippen molar-refractivity contribution in [3.8, 4) is 11.8 Å². The van der Waals surface area contributed by atoms with Gasteiger partial charge in [-0.25, -0.2) is 4.79 Å². The fourth-order valence-corrected chi connectivity index (χ4v) is 4.63. The molecule has 3 atom stereocenters. The molecule has 0 bridgehead atoms. The number of ether oxygens (including phenoxy) is 1. The van der Waals surface area contributed by atoms with Crippen LogP contribution in [0.2, 0.25) is 5.02 Å². The summed E-state index contributed by atoms with van der Waals surface area (Å²) < 4.78 is 6.00. The number of hydrogen-bond acceptors (Lipinski definition) is 5. The fraction of sp³-hybridized carbons (Fsp3) is 0.409. The summed E-state index contributed by atoms with van der Waals surface area (Å²) in [6, 6.07) is 10.2. The maximum atomic E-state index is 12.8. The van der Waals surface area contributed by atoms with Crippen LogP contribution in [0, 0.1) is 11.3 Å². The highest BCUT2D eigenvalue weighted by molar-refractivity contribution is 6.35.